The molecule has 0 aliphatic carbocycles. The smallest absolute Gasteiger partial charge is 0.119 e. The van der Waals surface area contributed by atoms with E-state index < -0.39 is 0 Å². The summed E-state index contributed by atoms with van der Waals surface area (Å²) in [5, 5.41) is 0. The van der Waals surface area contributed by atoms with Crippen molar-refractivity contribution in [2.45, 2.75) is 38.5 Å². The fraction of sp³-hybridized carbons (Fsp3) is 0.647. The van der Waals surface area contributed by atoms with Gasteiger partial charge in [0.15, 0.2) is 0 Å². The molecule has 2 heteroatoms. The van der Waals surface area contributed by atoms with E-state index in [0.29, 0.717) is 5.41 Å². The Bertz CT molecular complexity index is 417. The van der Waals surface area contributed by atoms with Gasteiger partial charge >= 0.3 is 0 Å². The molecule has 106 valence electrons. The standard InChI is InChI=1S/C17H27NO/c1-5-14(2)12-17(9-10-18(3)13-17)15-7-6-8-16(11-15)19-4/h6-8,11,14H,5,9-10,12-13H2,1-4H3/t14-,17+/m1/s1. The van der Waals surface area contributed by atoms with E-state index in [-0.39, 0.29) is 0 Å². The highest BCUT2D eigenvalue weighted by Gasteiger charge is 2.39. The maximum Gasteiger partial charge on any atom is 0.119 e. The molecular formula is C17H27NO. The first-order valence-electron chi connectivity index (χ1n) is 7.43. The Morgan fingerprint density at radius 1 is 1.42 bits per heavy atom. The monoisotopic (exact) mass is 261 g/mol. The Morgan fingerprint density at radius 2 is 2.21 bits per heavy atom. The summed E-state index contributed by atoms with van der Waals surface area (Å²) in [4.78, 5) is 2.46. The number of hydrogen-bond donors (Lipinski definition) is 0. The fourth-order valence-electron chi connectivity index (χ4n) is 3.36. The molecule has 0 aromatic heterocycles. The summed E-state index contributed by atoms with van der Waals surface area (Å²) < 4.78 is 5.40. The number of likely N-dealkylation sites (N-methyl/N-ethyl adjacent to an activating group) is 1. The number of ether oxygens (including phenoxy) is 1. The molecular weight excluding hydrogens is 234 g/mol. The van der Waals surface area contributed by atoms with E-state index in [1.165, 1.54) is 37.9 Å². The molecule has 2 nitrogen and oxygen atoms in total. The van der Waals surface area contributed by atoms with E-state index >= 15 is 0 Å². The van der Waals surface area contributed by atoms with Gasteiger partial charge in [0.2, 0.25) is 0 Å². The van der Waals surface area contributed by atoms with Crippen LogP contribution in [0.5, 0.6) is 5.75 Å². The van der Waals surface area contributed by atoms with Crippen molar-refractivity contribution in [1.82, 2.24) is 4.90 Å². The number of nitrogens with zero attached hydrogens (tertiary/aromatic N) is 1. The summed E-state index contributed by atoms with van der Waals surface area (Å²) in [7, 11) is 3.99. The third kappa shape index (κ3) is 3.11. The molecule has 1 saturated heterocycles. The molecule has 0 unspecified atom stereocenters. The molecule has 2 rings (SSSR count). The van der Waals surface area contributed by atoms with Gasteiger partial charge in [-0.2, -0.15) is 0 Å². The average molecular weight is 261 g/mol. The molecule has 19 heavy (non-hydrogen) atoms. The van der Waals surface area contributed by atoms with Crippen LogP contribution in [-0.4, -0.2) is 32.1 Å². The predicted octanol–water partition coefficient (Wildman–Crippen LogP) is 3.70. The van der Waals surface area contributed by atoms with Gasteiger partial charge in [0.1, 0.15) is 5.75 Å². The van der Waals surface area contributed by atoms with Crippen LogP contribution in [0.1, 0.15) is 38.7 Å². The van der Waals surface area contributed by atoms with Crippen LogP contribution in [-0.2, 0) is 5.41 Å². The Morgan fingerprint density at radius 3 is 2.79 bits per heavy atom. The van der Waals surface area contributed by atoms with Crippen LogP contribution in [0.25, 0.3) is 0 Å². The second-order valence-corrected chi connectivity index (χ2v) is 6.22. The molecule has 1 fully saturated rings. The predicted molar refractivity (Wildman–Crippen MR) is 80.9 cm³/mol. The van der Waals surface area contributed by atoms with Crippen molar-refractivity contribution in [2.24, 2.45) is 5.92 Å². The Hall–Kier alpha value is -1.02. The van der Waals surface area contributed by atoms with Crippen molar-refractivity contribution < 1.29 is 4.74 Å². The fourth-order valence-corrected chi connectivity index (χ4v) is 3.36. The molecule has 0 N–H and O–H groups in total. The number of hydrogen-bond acceptors (Lipinski definition) is 2. The normalized spacial score (nSPS) is 25.5. The minimum absolute atomic E-state index is 0.318. The van der Waals surface area contributed by atoms with Gasteiger partial charge in [0.25, 0.3) is 0 Å². The lowest BCUT2D eigenvalue weighted by Gasteiger charge is -2.32. The maximum absolute atomic E-state index is 5.40. The van der Waals surface area contributed by atoms with Crippen LogP contribution >= 0.6 is 0 Å². The first-order chi connectivity index (χ1) is 9.09. The second kappa shape index (κ2) is 5.96. The van der Waals surface area contributed by atoms with E-state index in [1.807, 2.05) is 6.07 Å². The Balaban J connectivity index is 2.31. The van der Waals surface area contributed by atoms with E-state index in [0.717, 1.165) is 11.7 Å². The average Bonchev–Trinajstić information content (AvgIpc) is 2.81. The van der Waals surface area contributed by atoms with Crippen molar-refractivity contribution in [3.05, 3.63) is 29.8 Å². The van der Waals surface area contributed by atoms with Crippen LogP contribution < -0.4 is 4.74 Å². The topological polar surface area (TPSA) is 12.5 Å². The quantitative estimate of drug-likeness (QED) is 0.801. The third-order valence-electron chi connectivity index (χ3n) is 4.66. The number of benzene rings is 1. The van der Waals surface area contributed by atoms with Gasteiger partial charge < -0.3 is 9.64 Å². The summed E-state index contributed by atoms with van der Waals surface area (Å²) in [6, 6.07) is 8.69. The number of rotatable bonds is 5. The first-order valence-corrected chi connectivity index (χ1v) is 7.43. The van der Waals surface area contributed by atoms with Crippen LogP contribution in [0.3, 0.4) is 0 Å². The zero-order valence-electron chi connectivity index (χ0n) is 12.8. The zero-order valence-corrected chi connectivity index (χ0v) is 12.8. The lowest BCUT2D eigenvalue weighted by atomic mass is 9.73. The number of likely N-dealkylation sites (tertiary alicyclic amines) is 1. The van der Waals surface area contributed by atoms with E-state index in [4.69, 9.17) is 4.74 Å². The largest absolute Gasteiger partial charge is 0.497 e. The Labute approximate surface area is 117 Å². The summed E-state index contributed by atoms with van der Waals surface area (Å²) >= 11 is 0. The van der Waals surface area contributed by atoms with Gasteiger partial charge in [0.05, 0.1) is 7.11 Å². The van der Waals surface area contributed by atoms with Crippen LogP contribution in [0.2, 0.25) is 0 Å². The zero-order chi connectivity index (χ0) is 13.9. The highest BCUT2D eigenvalue weighted by atomic mass is 16.5. The maximum atomic E-state index is 5.40. The molecule has 0 bridgehead atoms. The molecule has 1 aromatic rings. The molecule has 1 aliphatic rings. The summed E-state index contributed by atoms with van der Waals surface area (Å²) in [5.41, 5.74) is 1.77. The molecule has 1 aliphatic heterocycles. The summed E-state index contributed by atoms with van der Waals surface area (Å²) in [6.07, 6.45) is 3.80. The van der Waals surface area contributed by atoms with Gasteiger partial charge in [-0.3, -0.25) is 0 Å². The lowest BCUT2D eigenvalue weighted by Crippen LogP contribution is -2.31. The van der Waals surface area contributed by atoms with Crippen molar-refractivity contribution in [1.29, 1.82) is 0 Å². The molecule has 0 amide bonds. The van der Waals surface area contributed by atoms with Crippen molar-refractivity contribution >= 4 is 0 Å². The van der Waals surface area contributed by atoms with Gasteiger partial charge in [-0.05, 0) is 50.0 Å². The second-order valence-electron chi connectivity index (χ2n) is 6.22. The molecule has 0 saturated carbocycles. The Kier molecular flexibility index (Phi) is 4.51. The van der Waals surface area contributed by atoms with Crippen molar-refractivity contribution in [3.63, 3.8) is 0 Å². The minimum atomic E-state index is 0.318. The third-order valence-corrected chi connectivity index (χ3v) is 4.66. The molecule has 0 spiro atoms. The first kappa shape index (κ1) is 14.4. The summed E-state index contributed by atoms with van der Waals surface area (Å²) in [6.45, 7) is 7.04. The minimum Gasteiger partial charge on any atom is -0.497 e. The van der Waals surface area contributed by atoms with Gasteiger partial charge in [-0.15, -0.1) is 0 Å². The highest BCUT2D eigenvalue weighted by Crippen LogP contribution is 2.41. The molecule has 2 atom stereocenters. The van der Waals surface area contributed by atoms with E-state index in [2.05, 4.69) is 44.0 Å². The van der Waals surface area contributed by atoms with Crippen molar-refractivity contribution in [3.8, 4) is 5.75 Å². The SMILES string of the molecule is CC[C@@H](C)C[C@@]1(c2cccc(OC)c2)CCN(C)C1. The van der Waals surface area contributed by atoms with Crippen molar-refractivity contribution in [2.75, 3.05) is 27.2 Å². The van der Waals surface area contributed by atoms with Gasteiger partial charge in [-0.25, -0.2) is 0 Å². The molecule has 1 heterocycles. The molecule has 0 radical (unpaired) electrons. The van der Waals surface area contributed by atoms with Crippen LogP contribution in [0, 0.1) is 5.92 Å². The summed E-state index contributed by atoms with van der Waals surface area (Å²) in [5.74, 6) is 1.76. The van der Waals surface area contributed by atoms with Gasteiger partial charge in [0, 0.05) is 12.0 Å². The molecule has 1 aromatic carbocycles. The van der Waals surface area contributed by atoms with Gasteiger partial charge in [-0.1, -0.05) is 32.4 Å². The van der Waals surface area contributed by atoms with Crippen LogP contribution in [0.15, 0.2) is 24.3 Å². The lowest BCUT2D eigenvalue weighted by molar-refractivity contribution is 0.307. The van der Waals surface area contributed by atoms with E-state index in [1.54, 1.807) is 7.11 Å². The highest BCUT2D eigenvalue weighted by molar-refractivity contribution is 5.35. The van der Waals surface area contributed by atoms with Crippen LogP contribution in [0.4, 0.5) is 0 Å². The number of methoxy groups -OCH3 is 1. The van der Waals surface area contributed by atoms with E-state index in [9.17, 15) is 0 Å².